The summed E-state index contributed by atoms with van der Waals surface area (Å²) in [7, 11) is 3.98. The zero-order valence-corrected chi connectivity index (χ0v) is 18.5. The topological polar surface area (TPSA) is 45.2 Å². The minimum absolute atomic E-state index is 0.0608. The molecule has 0 unspecified atom stereocenters. The summed E-state index contributed by atoms with van der Waals surface area (Å²) in [4.78, 5) is 19.6. The lowest BCUT2D eigenvalue weighted by atomic mass is 9.98. The van der Waals surface area contributed by atoms with Crippen molar-refractivity contribution in [3.8, 4) is 33.6 Å². The van der Waals surface area contributed by atoms with Gasteiger partial charge in [-0.2, -0.15) is 0 Å². The molecule has 3 aromatic carbocycles. The van der Waals surface area contributed by atoms with Gasteiger partial charge < -0.3 is 10.2 Å². The summed E-state index contributed by atoms with van der Waals surface area (Å²) in [6.07, 6.45) is 0. The molecule has 0 aliphatic rings. The number of amides is 1. The standard InChI is InChI=1S/C28H27N3O/c1-31(2)17-16-29-28(32)24-15-9-14-23(18-24)25-19-26(21-10-5-3-6-11-21)30-27(20-25)22-12-7-4-8-13-22/h3-15,18-20H,16-17H2,1-2H3,(H,29,32). The number of carbonyl (C=O) groups excluding carboxylic acids is 1. The fraction of sp³-hybridized carbons (Fsp3) is 0.143. The molecule has 4 rings (SSSR count). The molecule has 0 aliphatic heterocycles. The Morgan fingerprint density at radius 2 is 1.28 bits per heavy atom. The minimum Gasteiger partial charge on any atom is -0.351 e. The number of carbonyl (C=O) groups is 1. The summed E-state index contributed by atoms with van der Waals surface area (Å²) in [6.45, 7) is 1.41. The maximum atomic E-state index is 12.6. The Balaban J connectivity index is 1.72. The molecule has 0 atom stereocenters. The number of nitrogens with zero attached hydrogens (tertiary/aromatic N) is 2. The molecule has 0 aliphatic carbocycles. The van der Waals surface area contributed by atoms with Crippen molar-refractivity contribution in [3.05, 3.63) is 103 Å². The third kappa shape index (κ3) is 5.29. The van der Waals surface area contributed by atoms with Crippen molar-refractivity contribution < 1.29 is 4.79 Å². The first kappa shape index (κ1) is 21.5. The number of hydrogen-bond acceptors (Lipinski definition) is 3. The predicted octanol–water partition coefficient (Wildman–Crippen LogP) is 5.37. The second kappa shape index (κ2) is 10.0. The lowest BCUT2D eigenvalue weighted by Gasteiger charge is -2.12. The van der Waals surface area contributed by atoms with Crippen molar-refractivity contribution in [1.29, 1.82) is 0 Å². The number of hydrogen-bond donors (Lipinski definition) is 1. The van der Waals surface area contributed by atoms with Gasteiger partial charge in [0.15, 0.2) is 0 Å². The van der Waals surface area contributed by atoms with E-state index >= 15 is 0 Å². The minimum atomic E-state index is -0.0608. The van der Waals surface area contributed by atoms with E-state index in [0.717, 1.165) is 40.2 Å². The zero-order valence-electron chi connectivity index (χ0n) is 18.5. The zero-order chi connectivity index (χ0) is 22.3. The first-order valence-electron chi connectivity index (χ1n) is 10.8. The van der Waals surface area contributed by atoms with Crippen LogP contribution in [0.5, 0.6) is 0 Å². The molecule has 4 heteroatoms. The van der Waals surface area contributed by atoms with Crippen LogP contribution in [-0.4, -0.2) is 43.0 Å². The lowest BCUT2D eigenvalue weighted by Crippen LogP contribution is -2.31. The first-order chi connectivity index (χ1) is 15.6. The third-order valence-corrected chi connectivity index (χ3v) is 5.27. The molecule has 0 bridgehead atoms. The van der Waals surface area contributed by atoms with Crippen LogP contribution in [-0.2, 0) is 0 Å². The number of aromatic nitrogens is 1. The van der Waals surface area contributed by atoms with Crippen LogP contribution in [0.25, 0.3) is 33.6 Å². The molecule has 4 nitrogen and oxygen atoms in total. The van der Waals surface area contributed by atoms with Gasteiger partial charge in [0.1, 0.15) is 0 Å². The highest BCUT2D eigenvalue weighted by Crippen LogP contribution is 2.30. The van der Waals surface area contributed by atoms with Gasteiger partial charge in [0.05, 0.1) is 11.4 Å². The van der Waals surface area contributed by atoms with Gasteiger partial charge >= 0.3 is 0 Å². The molecule has 0 fully saturated rings. The van der Waals surface area contributed by atoms with Crippen molar-refractivity contribution in [2.75, 3.05) is 27.2 Å². The Bertz CT molecular complexity index is 1130. The molecule has 0 radical (unpaired) electrons. The smallest absolute Gasteiger partial charge is 0.251 e. The molecule has 32 heavy (non-hydrogen) atoms. The van der Waals surface area contributed by atoms with Crippen LogP contribution in [0.3, 0.4) is 0 Å². The summed E-state index contributed by atoms with van der Waals surface area (Å²) in [6, 6.07) is 32.3. The molecular formula is C28H27N3O. The van der Waals surface area contributed by atoms with Gasteiger partial charge in [-0.1, -0.05) is 72.8 Å². The van der Waals surface area contributed by atoms with E-state index in [0.29, 0.717) is 12.1 Å². The van der Waals surface area contributed by atoms with Gasteiger partial charge in [0, 0.05) is 29.8 Å². The van der Waals surface area contributed by atoms with Gasteiger partial charge in [-0.15, -0.1) is 0 Å². The molecule has 1 N–H and O–H groups in total. The van der Waals surface area contributed by atoms with Gasteiger partial charge in [-0.25, -0.2) is 4.98 Å². The highest BCUT2D eigenvalue weighted by atomic mass is 16.1. The number of benzene rings is 3. The summed E-state index contributed by atoms with van der Waals surface area (Å²) in [5.74, 6) is -0.0608. The van der Waals surface area contributed by atoms with Crippen LogP contribution in [0.15, 0.2) is 97.1 Å². The highest BCUT2D eigenvalue weighted by Gasteiger charge is 2.11. The van der Waals surface area contributed by atoms with E-state index < -0.39 is 0 Å². The van der Waals surface area contributed by atoms with Crippen LogP contribution in [0.4, 0.5) is 0 Å². The molecule has 0 saturated heterocycles. The second-order valence-electron chi connectivity index (χ2n) is 8.00. The third-order valence-electron chi connectivity index (χ3n) is 5.27. The van der Waals surface area contributed by atoms with Crippen LogP contribution >= 0.6 is 0 Å². The van der Waals surface area contributed by atoms with E-state index in [-0.39, 0.29) is 5.91 Å². The van der Waals surface area contributed by atoms with E-state index in [2.05, 4.69) is 41.7 Å². The van der Waals surface area contributed by atoms with Crippen LogP contribution in [0.2, 0.25) is 0 Å². The fourth-order valence-corrected chi connectivity index (χ4v) is 3.55. The van der Waals surface area contributed by atoms with Gasteiger partial charge in [0.25, 0.3) is 5.91 Å². The van der Waals surface area contributed by atoms with E-state index in [1.54, 1.807) is 0 Å². The molecule has 160 valence electrons. The quantitative estimate of drug-likeness (QED) is 0.436. The van der Waals surface area contributed by atoms with Crippen LogP contribution in [0.1, 0.15) is 10.4 Å². The molecule has 1 aromatic heterocycles. The fourth-order valence-electron chi connectivity index (χ4n) is 3.55. The Morgan fingerprint density at radius 1 is 0.719 bits per heavy atom. The Morgan fingerprint density at radius 3 is 1.84 bits per heavy atom. The van der Waals surface area contributed by atoms with Crippen molar-refractivity contribution in [1.82, 2.24) is 15.2 Å². The largest absolute Gasteiger partial charge is 0.351 e. The predicted molar refractivity (Wildman–Crippen MR) is 131 cm³/mol. The molecule has 0 spiro atoms. The van der Waals surface area contributed by atoms with E-state index in [1.807, 2.05) is 79.7 Å². The summed E-state index contributed by atoms with van der Waals surface area (Å²) >= 11 is 0. The molecular weight excluding hydrogens is 394 g/mol. The number of likely N-dealkylation sites (N-methyl/N-ethyl adjacent to an activating group) is 1. The van der Waals surface area contributed by atoms with Crippen molar-refractivity contribution in [2.24, 2.45) is 0 Å². The van der Waals surface area contributed by atoms with E-state index in [9.17, 15) is 4.79 Å². The summed E-state index contributed by atoms with van der Waals surface area (Å²) in [5.41, 5.74) is 6.60. The highest BCUT2D eigenvalue weighted by molar-refractivity contribution is 5.95. The first-order valence-corrected chi connectivity index (χ1v) is 10.8. The van der Waals surface area contributed by atoms with E-state index in [1.165, 1.54) is 0 Å². The average molecular weight is 422 g/mol. The average Bonchev–Trinajstić information content (AvgIpc) is 2.84. The van der Waals surface area contributed by atoms with Crippen molar-refractivity contribution in [2.45, 2.75) is 0 Å². The summed E-state index contributed by atoms with van der Waals surface area (Å²) in [5, 5.41) is 2.99. The lowest BCUT2D eigenvalue weighted by molar-refractivity contribution is 0.0951. The SMILES string of the molecule is CN(C)CCNC(=O)c1cccc(-c2cc(-c3ccccc3)nc(-c3ccccc3)c2)c1. The molecule has 4 aromatic rings. The number of nitrogens with one attached hydrogen (secondary N) is 1. The number of rotatable bonds is 7. The maximum Gasteiger partial charge on any atom is 0.251 e. The molecule has 0 saturated carbocycles. The van der Waals surface area contributed by atoms with Crippen molar-refractivity contribution >= 4 is 5.91 Å². The maximum absolute atomic E-state index is 12.6. The monoisotopic (exact) mass is 421 g/mol. The Kier molecular flexibility index (Phi) is 6.73. The second-order valence-corrected chi connectivity index (χ2v) is 8.00. The van der Waals surface area contributed by atoms with Crippen LogP contribution in [0, 0.1) is 0 Å². The normalized spacial score (nSPS) is 10.8. The summed E-state index contributed by atoms with van der Waals surface area (Å²) < 4.78 is 0. The Labute approximate surface area is 189 Å². The number of pyridine rings is 1. The van der Waals surface area contributed by atoms with Crippen LogP contribution < -0.4 is 5.32 Å². The molecule has 1 amide bonds. The van der Waals surface area contributed by atoms with Gasteiger partial charge in [-0.3, -0.25) is 4.79 Å². The van der Waals surface area contributed by atoms with Crippen molar-refractivity contribution in [3.63, 3.8) is 0 Å². The molecule has 1 heterocycles. The Hall–Kier alpha value is -3.76. The van der Waals surface area contributed by atoms with Gasteiger partial charge in [0.2, 0.25) is 0 Å². The van der Waals surface area contributed by atoms with E-state index in [4.69, 9.17) is 4.98 Å². The van der Waals surface area contributed by atoms with Gasteiger partial charge in [-0.05, 0) is 49.5 Å².